The van der Waals surface area contributed by atoms with E-state index in [9.17, 15) is 33.8 Å². The first kappa shape index (κ1) is 28.0. The van der Waals surface area contributed by atoms with Gasteiger partial charge in [-0.05, 0) is 37.0 Å². The van der Waals surface area contributed by atoms with Crippen LogP contribution in [0.3, 0.4) is 0 Å². The standard InChI is InChI=1S/C28H36FN5O7/c29-17-5-1-15(2-6-17)12-33-13-18-9-19(33)28(40)32-7-8-34(27(39)16-3-4-16)20(14-32)26(38)30-11-22-25(37)24(36)21(41-22)10-23(35)31-18/h1-2,5-6,16,18-22,24-25,36-37H,3-4,7-14H2,(H,30,38)(H,31,35)/t18-,19-,20-,21-,22+,24-,25+/m0/s1. The molecule has 6 bridgehead atoms. The molecule has 41 heavy (non-hydrogen) atoms. The molecule has 12 nitrogen and oxygen atoms in total. The Balaban J connectivity index is 1.28. The van der Waals surface area contributed by atoms with Crippen molar-refractivity contribution < 1.29 is 38.5 Å². The van der Waals surface area contributed by atoms with Gasteiger partial charge in [-0.1, -0.05) is 12.1 Å². The van der Waals surface area contributed by atoms with Gasteiger partial charge in [-0.25, -0.2) is 4.39 Å². The maximum absolute atomic E-state index is 14.0. The molecule has 4 aliphatic heterocycles. The lowest BCUT2D eigenvalue weighted by molar-refractivity contribution is -0.151. The van der Waals surface area contributed by atoms with Crippen molar-refractivity contribution in [3.05, 3.63) is 35.6 Å². The molecule has 7 atom stereocenters. The first-order chi connectivity index (χ1) is 19.7. The molecule has 1 aromatic rings. The van der Waals surface area contributed by atoms with Crippen LogP contribution in [0.15, 0.2) is 24.3 Å². The van der Waals surface area contributed by atoms with Gasteiger partial charge in [0.25, 0.3) is 0 Å². The van der Waals surface area contributed by atoms with Crippen LogP contribution in [0, 0.1) is 11.7 Å². The van der Waals surface area contributed by atoms with E-state index in [-0.39, 0.29) is 68.1 Å². The highest BCUT2D eigenvalue weighted by atomic mass is 19.1. The molecular formula is C28H36FN5O7. The third kappa shape index (κ3) is 5.81. The topological polar surface area (TPSA) is 152 Å². The third-order valence-corrected chi connectivity index (χ3v) is 8.88. The van der Waals surface area contributed by atoms with E-state index in [2.05, 4.69) is 10.6 Å². The van der Waals surface area contributed by atoms with E-state index < -0.39 is 42.4 Å². The zero-order valence-electron chi connectivity index (χ0n) is 22.7. The number of carbonyl (C=O) groups excluding carboxylic acids is 4. The lowest BCUT2D eigenvalue weighted by atomic mass is 10.0. The van der Waals surface area contributed by atoms with Crippen molar-refractivity contribution in [3.63, 3.8) is 0 Å². The summed E-state index contributed by atoms with van der Waals surface area (Å²) < 4.78 is 19.3. The fraction of sp³-hybridized carbons (Fsp3) is 0.643. The number of piperazine rings is 1. The largest absolute Gasteiger partial charge is 0.388 e. The number of rotatable bonds is 3. The Hall–Kier alpha value is -3.13. The number of aliphatic hydroxyl groups is 2. The molecule has 222 valence electrons. The van der Waals surface area contributed by atoms with Gasteiger partial charge in [0.2, 0.25) is 23.6 Å². The Morgan fingerprint density at radius 2 is 1.73 bits per heavy atom. The second-order valence-corrected chi connectivity index (χ2v) is 11.8. The minimum absolute atomic E-state index is 0.0143. The summed E-state index contributed by atoms with van der Waals surface area (Å²) in [6.07, 6.45) is -2.84. The number of carbonyl (C=O) groups is 4. The summed E-state index contributed by atoms with van der Waals surface area (Å²) in [6, 6.07) is 4.14. The average Bonchev–Trinajstić information content (AvgIpc) is 3.69. The molecule has 4 heterocycles. The predicted molar refractivity (Wildman–Crippen MR) is 140 cm³/mol. The average molecular weight is 574 g/mol. The fourth-order valence-corrected chi connectivity index (χ4v) is 6.46. The summed E-state index contributed by atoms with van der Waals surface area (Å²) in [5.41, 5.74) is 0.807. The SMILES string of the molecule is O=C1C[C@@H]2O[C@H](CNC(=O)[C@@H]3CN(CCN3C(=O)C3CC3)C(=O)[C@@H]3C[C@@H](CN3Cc3ccc(F)cc3)N1)[C@@H](O)[C@H]2O. The van der Waals surface area contributed by atoms with E-state index in [1.54, 1.807) is 21.9 Å². The van der Waals surface area contributed by atoms with Gasteiger partial charge in [0.1, 0.15) is 30.2 Å². The van der Waals surface area contributed by atoms with Crippen LogP contribution in [0.2, 0.25) is 0 Å². The van der Waals surface area contributed by atoms with E-state index >= 15 is 0 Å². The number of amides is 4. The zero-order valence-corrected chi connectivity index (χ0v) is 22.7. The second kappa shape index (κ2) is 11.3. The van der Waals surface area contributed by atoms with Gasteiger partial charge in [-0.15, -0.1) is 0 Å². The minimum atomic E-state index is -1.32. The number of hydrogen-bond donors (Lipinski definition) is 4. The summed E-state index contributed by atoms with van der Waals surface area (Å²) >= 11 is 0. The van der Waals surface area contributed by atoms with E-state index in [1.807, 2.05) is 4.90 Å². The molecule has 13 heteroatoms. The van der Waals surface area contributed by atoms with E-state index in [0.29, 0.717) is 19.5 Å². The summed E-state index contributed by atoms with van der Waals surface area (Å²) in [4.78, 5) is 58.5. The van der Waals surface area contributed by atoms with Gasteiger partial charge in [0, 0.05) is 44.7 Å². The molecule has 0 spiro atoms. The van der Waals surface area contributed by atoms with Gasteiger partial charge in [-0.3, -0.25) is 24.1 Å². The summed E-state index contributed by atoms with van der Waals surface area (Å²) in [6.45, 7) is 1.10. The van der Waals surface area contributed by atoms with Gasteiger partial charge in [-0.2, -0.15) is 0 Å². The highest BCUT2D eigenvalue weighted by Crippen LogP contribution is 2.33. The number of aliphatic hydroxyl groups excluding tert-OH is 2. The number of halogens is 1. The quantitative estimate of drug-likeness (QED) is 0.336. The molecule has 6 rings (SSSR count). The molecule has 5 aliphatic rings. The Bertz CT molecular complexity index is 1200. The van der Waals surface area contributed by atoms with Crippen molar-refractivity contribution in [3.8, 4) is 0 Å². The maximum Gasteiger partial charge on any atom is 0.244 e. The number of likely N-dealkylation sites (tertiary alicyclic amines) is 1. The highest BCUT2D eigenvalue weighted by molar-refractivity contribution is 5.91. The molecule has 0 unspecified atom stereocenters. The number of nitrogens with zero attached hydrogens (tertiary/aromatic N) is 3. The van der Waals surface area contributed by atoms with Crippen LogP contribution >= 0.6 is 0 Å². The molecule has 0 radical (unpaired) electrons. The van der Waals surface area contributed by atoms with Crippen molar-refractivity contribution >= 4 is 23.6 Å². The molecule has 1 aliphatic carbocycles. The van der Waals surface area contributed by atoms with Crippen LogP contribution in [0.1, 0.15) is 31.2 Å². The summed E-state index contributed by atoms with van der Waals surface area (Å²) in [5.74, 6) is -1.61. The first-order valence-electron chi connectivity index (χ1n) is 14.3. The number of hydrogen-bond acceptors (Lipinski definition) is 8. The molecule has 1 aromatic carbocycles. The molecule has 4 N–H and O–H groups in total. The van der Waals surface area contributed by atoms with Crippen LogP contribution in [-0.4, -0.2) is 124 Å². The van der Waals surface area contributed by atoms with Gasteiger partial charge in [0.15, 0.2) is 0 Å². The lowest BCUT2D eigenvalue weighted by Crippen LogP contribution is -2.63. The monoisotopic (exact) mass is 573 g/mol. The van der Waals surface area contributed by atoms with Crippen LogP contribution in [0.5, 0.6) is 0 Å². The molecule has 0 aromatic heterocycles. The number of benzene rings is 1. The van der Waals surface area contributed by atoms with E-state index in [0.717, 1.165) is 18.4 Å². The number of fused-ring (bicyclic) bond motifs is 6. The molecule has 1 saturated carbocycles. The normalized spacial score (nSPS) is 34.9. The number of ether oxygens (including phenoxy) is 1. The molecule has 4 amide bonds. The van der Waals surface area contributed by atoms with Crippen molar-refractivity contribution in [2.75, 3.05) is 32.7 Å². The van der Waals surface area contributed by atoms with Crippen molar-refractivity contribution in [2.45, 2.75) is 74.8 Å². The zero-order chi connectivity index (χ0) is 28.8. The Morgan fingerprint density at radius 3 is 2.46 bits per heavy atom. The van der Waals surface area contributed by atoms with Crippen molar-refractivity contribution in [1.82, 2.24) is 25.3 Å². The molecular weight excluding hydrogens is 537 g/mol. The van der Waals surface area contributed by atoms with Gasteiger partial charge >= 0.3 is 0 Å². The first-order valence-corrected chi connectivity index (χ1v) is 14.3. The van der Waals surface area contributed by atoms with Crippen LogP contribution < -0.4 is 10.6 Å². The number of nitrogens with one attached hydrogen (secondary N) is 2. The third-order valence-electron chi connectivity index (χ3n) is 8.88. The smallest absolute Gasteiger partial charge is 0.244 e. The predicted octanol–water partition coefficient (Wildman–Crippen LogP) is -1.66. The summed E-state index contributed by atoms with van der Waals surface area (Å²) in [7, 11) is 0. The van der Waals surface area contributed by atoms with Crippen LogP contribution in [-0.2, 0) is 30.5 Å². The molecule has 4 saturated heterocycles. The van der Waals surface area contributed by atoms with Gasteiger partial charge < -0.3 is 35.4 Å². The fourth-order valence-electron chi connectivity index (χ4n) is 6.46. The van der Waals surface area contributed by atoms with E-state index in [4.69, 9.17) is 4.74 Å². The Kier molecular flexibility index (Phi) is 7.70. The lowest BCUT2D eigenvalue weighted by Gasteiger charge is -2.42. The maximum atomic E-state index is 14.0. The second-order valence-electron chi connectivity index (χ2n) is 11.8. The van der Waals surface area contributed by atoms with E-state index in [1.165, 1.54) is 12.1 Å². The summed E-state index contributed by atoms with van der Waals surface area (Å²) in [5, 5.41) is 26.8. The minimum Gasteiger partial charge on any atom is -0.388 e. The Labute approximate surface area is 236 Å². The molecule has 5 fully saturated rings. The van der Waals surface area contributed by atoms with Crippen molar-refractivity contribution in [1.29, 1.82) is 0 Å². The van der Waals surface area contributed by atoms with Crippen molar-refractivity contribution in [2.24, 2.45) is 5.92 Å². The highest BCUT2D eigenvalue weighted by Gasteiger charge is 2.48. The van der Waals surface area contributed by atoms with Crippen LogP contribution in [0.4, 0.5) is 4.39 Å². The van der Waals surface area contributed by atoms with Crippen LogP contribution in [0.25, 0.3) is 0 Å². The Morgan fingerprint density at radius 1 is 1.00 bits per heavy atom. The van der Waals surface area contributed by atoms with Gasteiger partial charge in [0.05, 0.1) is 25.1 Å².